The fourth-order valence-corrected chi connectivity index (χ4v) is 4.48. The molecule has 0 N–H and O–H groups in total. The zero-order chi connectivity index (χ0) is 23.3. The molecule has 1 heterocycles. The Balaban J connectivity index is 2.02. The minimum atomic E-state index is -0.541. The third-order valence-corrected chi connectivity index (χ3v) is 6.43. The number of carbonyl (C=O) groups is 1. The van der Waals surface area contributed by atoms with Crippen molar-refractivity contribution in [1.29, 1.82) is 0 Å². The van der Waals surface area contributed by atoms with E-state index in [0.717, 1.165) is 29.1 Å². The van der Waals surface area contributed by atoms with Crippen molar-refractivity contribution in [2.45, 2.75) is 20.8 Å². The van der Waals surface area contributed by atoms with Gasteiger partial charge in [0.05, 0.1) is 32.3 Å². The molecule has 32 heavy (non-hydrogen) atoms. The predicted molar refractivity (Wildman–Crippen MR) is 128 cm³/mol. The van der Waals surface area contributed by atoms with Crippen LogP contribution >= 0.6 is 22.9 Å². The lowest BCUT2D eigenvalue weighted by atomic mass is 10.1. The normalized spacial score (nSPS) is 11.2. The highest BCUT2D eigenvalue weighted by atomic mass is 35.5. The SMILES string of the molecule is CCOc1ccc2nc(N(CCN(CC)CC)C(=O)c3cc([N+](=O)[O-])ccc3Cl)sc2c1. The van der Waals surface area contributed by atoms with Gasteiger partial charge in [0.2, 0.25) is 0 Å². The number of hydrogen-bond donors (Lipinski definition) is 0. The van der Waals surface area contributed by atoms with Crippen molar-refractivity contribution in [1.82, 2.24) is 9.88 Å². The monoisotopic (exact) mass is 476 g/mol. The number of nitro groups is 1. The maximum atomic E-state index is 13.5. The number of rotatable bonds is 10. The Morgan fingerprint density at radius 1 is 1.16 bits per heavy atom. The number of amides is 1. The van der Waals surface area contributed by atoms with Gasteiger partial charge in [-0.2, -0.15) is 0 Å². The van der Waals surface area contributed by atoms with Gasteiger partial charge in [0, 0.05) is 25.2 Å². The van der Waals surface area contributed by atoms with Crippen LogP contribution in [0.4, 0.5) is 10.8 Å². The standard InChI is InChI=1S/C22H25ClN4O4S/c1-4-25(5-2)11-12-26(21(28)17-13-15(27(29)30)7-9-18(17)23)22-24-19-10-8-16(31-6-3)14-20(19)32-22/h7-10,13-14H,4-6,11-12H2,1-3H3. The Kier molecular flexibility index (Phi) is 8.00. The second kappa shape index (κ2) is 10.7. The topological polar surface area (TPSA) is 88.8 Å². The summed E-state index contributed by atoms with van der Waals surface area (Å²) in [6.45, 7) is 9.26. The molecule has 0 fully saturated rings. The van der Waals surface area contributed by atoms with Crippen LogP contribution in [0.3, 0.4) is 0 Å². The summed E-state index contributed by atoms with van der Waals surface area (Å²) in [6, 6.07) is 9.47. The van der Waals surface area contributed by atoms with Gasteiger partial charge < -0.3 is 9.64 Å². The van der Waals surface area contributed by atoms with E-state index in [1.54, 1.807) is 4.90 Å². The van der Waals surface area contributed by atoms with Crippen molar-refractivity contribution < 1.29 is 14.5 Å². The first kappa shape index (κ1) is 23.9. The van der Waals surface area contributed by atoms with Gasteiger partial charge >= 0.3 is 0 Å². The van der Waals surface area contributed by atoms with Gasteiger partial charge in [-0.15, -0.1) is 0 Å². The summed E-state index contributed by atoms with van der Waals surface area (Å²) in [4.78, 5) is 32.6. The molecule has 3 rings (SSSR count). The van der Waals surface area contributed by atoms with E-state index in [0.29, 0.717) is 24.8 Å². The van der Waals surface area contributed by atoms with Crippen molar-refractivity contribution in [2.75, 3.05) is 37.7 Å². The van der Waals surface area contributed by atoms with Gasteiger partial charge in [-0.05, 0) is 44.3 Å². The highest BCUT2D eigenvalue weighted by molar-refractivity contribution is 7.22. The molecular formula is C22H25ClN4O4S. The van der Waals surface area contributed by atoms with Gasteiger partial charge in [-0.25, -0.2) is 4.98 Å². The zero-order valence-electron chi connectivity index (χ0n) is 18.2. The summed E-state index contributed by atoms with van der Waals surface area (Å²) in [7, 11) is 0. The van der Waals surface area contributed by atoms with E-state index in [2.05, 4.69) is 23.7 Å². The Morgan fingerprint density at radius 3 is 2.56 bits per heavy atom. The number of fused-ring (bicyclic) bond motifs is 1. The lowest BCUT2D eigenvalue weighted by molar-refractivity contribution is -0.384. The minimum absolute atomic E-state index is 0.0784. The summed E-state index contributed by atoms with van der Waals surface area (Å²) < 4.78 is 6.46. The lowest BCUT2D eigenvalue weighted by Crippen LogP contribution is -2.39. The molecule has 1 amide bonds. The van der Waals surface area contributed by atoms with Crippen molar-refractivity contribution >= 4 is 49.9 Å². The van der Waals surface area contributed by atoms with E-state index in [4.69, 9.17) is 16.3 Å². The average molecular weight is 477 g/mol. The number of nitrogens with zero attached hydrogens (tertiary/aromatic N) is 4. The van der Waals surface area contributed by atoms with E-state index in [1.165, 1.54) is 29.5 Å². The number of carbonyl (C=O) groups excluding carboxylic acids is 1. The Labute approximate surface area is 195 Å². The predicted octanol–water partition coefficient (Wildman–Crippen LogP) is 5.25. The number of non-ortho nitro benzene ring substituents is 1. The zero-order valence-corrected chi connectivity index (χ0v) is 19.8. The number of ether oxygens (including phenoxy) is 1. The third kappa shape index (κ3) is 5.35. The van der Waals surface area contributed by atoms with Gasteiger partial charge in [-0.1, -0.05) is 36.8 Å². The van der Waals surface area contributed by atoms with Crippen molar-refractivity contribution in [3.8, 4) is 5.75 Å². The highest BCUT2D eigenvalue weighted by Gasteiger charge is 2.25. The molecule has 0 aliphatic carbocycles. The Morgan fingerprint density at radius 2 is 1.91 bits per heavy atom. The van der Waals surface area contributed by atoms with Gasteiger partial charge in [0.15, 0.2) is 5.13 Å². The number of anilines is 1. The summed E-state index contributed by atoms with van der Waals surface area (Å²) >= 11 is 7.63. The molecule has 0 spiro atoms. The Hall–Kier alpha value is -2.75. The van der Waals surface area contributed by atoms with Crippen LogP contribution in [0.2, 0.25) is 5.02 Å². The van der Waals surface area contributed by atoms with E-state index in [9.17, 15) is 14.9 Å². The number of nitro benzene ring substituents is 1. The molecule has 0 saturated carbocycles. The van der Waals surface area contributed by atoms with Crippen LogP contribution in [0.1, 0.15) is 31.1 Å². The summed E-state index contributed by atoms with van der Waals surface area (Å²) in [5, 5.41) is 11.9. The van der Waals surface area contributed by atoms with Crippen LogP contribution in [0.25, 0.3) is 10.2 Å². The molecular weight excluding hydrogens is 452 g/mol. The number of likely N-dealkylation sites (N-methyl/N-ethyl adjacent to an activating group) is 1. The maximum Gasteiger partial charge on any atom is 0.270 e. The molecule has 0 aliphatic rings. The highest BCUT2D eigenvalue weighted by Crippen LogP contribution is 2.33. The lowest BCUT2D eigenvalue weighted by Gasteiger charge is -2.25. The molecule has 1 aromatic heterocycles. The number of benzene rings is 2. The van der Waals surface area contributed by atoms with Gasteiger partial charge in [0.1, 0.15) is 5.75 Å². The molecule has 0 atom stereocenters. The largest absolute Gasteiger partial charge is 0.494 e. The average Bonchev–Trinajstić information content (AvgIpc) is 3.19. The van der Waals surface area contributed by atoms with Crippen LogP contribution in [0, 0.1) is 10.1 Å². The molecule has 2 aromatic carbocycles. The van der Waals surface area contributed by atoms with Crippen LogP contribution in [0.15, 0.2) is 36.4 Å². The van der Waals surface area contributed by atoms with Gasteiger partial charge in [0.25, 0.3) is 11.6 Å². The van der Waals surface area contributed by atoms with E-state index in [-0.39, 0.29) is 16.3 Å². The molecule has 0 radical (unpaired) electrons. The van der Waals surface area contributed by atoms with E-state index >= 15 is 0 Å². The molecule has 0 aliphatic heterocycles. The summed E-state index contributed by atoms with van der Waals surface area (Å²) in [5.41, 5.74) is 0.640. The molecule has 0 unspecified atom stereocenters. The molecule has 8 nitrogen and oxygen atoms in total. The van der Waals surface area contributed by atoms with Crippen LogP contribution in [-0.2, 0) is 0 Å². The molecule has 0 bridgehead atoms. The second-order valence-electron chi connectivity index (χ2n) is 6.96. The maximum absolute atomic E-state index is 13.5. The minimum Gasteiger partial charge on any atom is -0.494 e. The number of hydrogen-bond acceptors (Lipinski definition) is 7. The second-order valence-corrected chi connectivity index (χ2v) is 8.38. The quantitative estimate of drug-likeness (QED) is 0.293. The summed E-state index contributed by atoms with van der Waals surface area (Å²) in [6.07, 6.45) is 0. The van der Waals surface area contributed by atoms with Crippen molar-refractivity contribution in [3.05, 3.63) is 57.1 Å². The fourth-order valence-electron chi connectivity index (χ4n) is 3.27. The molecule has 0 saturated heterocycles. The molecule has 10 heteroatoms. The fraction of sp³-hybridized carbons (Fsp3) is 0.364. The number of halogens is 1. The van der Waals surface area contributed by atoms with E-state index < -0.39 is 10.8 Å². The van der Waals surface area contributed by atoms with E-state index in [1.807, 2.05) is 25.1 Å². The third-order valence-electron chi connectivity index (χ3n) is 5.06. The van der Waals surface area contributed by atoms with Crippen LogP contribution in [-0.4, -0.2) is 53.5 Å². The molecule has 3 aromatic rings. The smallest absolute Gasteiger partial charge is 0.270 e. The van der Waals surface area contributed by atoms with Crippen molar-refractivity contribution in [2.24, 2.45) is 0 Å². The van der Waals surface area contributed by atoms with Crippen LogP contribution < -0.4 is 9.64 Å². The van der Waals surface area contributed by atoms with Crippen molar-refractivity contribution in [3.63, 3.8) is 0 Å². The van der Waals surface area contributed by atoms with Gasteiger partial charge in [-0.3, -0.25) is 19.8 Å². The first-order valence-electron chi connectivity index (χ1n) is 10.4. The first-order chi connectivity index (χ1) is 15.4. The Bertz CT molecular complexity index is 1120. The first-order valence-corrected chi connectivity index (χ1v) is 11.6. The number of aromatic nitrogens is 1. The number of thiazole rings is 1. The van der Waals surface area contributed by atoms with Crippen LogP contribution in [0.5, 0.6) is 5.75 Å². The summed E-state index contributed by atoms with van der Waals surface area (Å²) in [5.74, 6) is 0.313. The molecule has 170 valence electrons.